The number of carboxylic acid groups (broad SMARTS) is 1. The molecule has 18 heavy (non-hydrogen) atoms. The Balaban J connectivity index is 2.09. The summed E-state index contributed by atoms with van der Waals surface area (Å²) in [6.07, 6.45) is 3.72. The molecule has 0 atom stereocenters. The summed E-state index contributed by atoms with van der Waals surface area (Å²) in [4.78, 5) is 11.2. The predicted octanol–water partition coefficient (Wildman–Crippen LogP) is 3.40. The first-order chi connectivity index (χ1) is 8.62. The highest BCUT2D eigenvalue weighted by Crippen LogP contribution is 2.48. The standard InChI is InChI=1S/C15H21NO2/c1-3-12(4-2)16-13-7-5-11(6-8-13)15(9-10-15)14(17)18/h5-8,12,16H,3-4,9-10H2,1-2H3,(H,17,18). The first-order valence-corrected chi connectivity index (χ1v) is 6.73. The fourth-order valence-corrected chi connectivity index (χ4v) is 2.37. The number of nitrogens with one attached hydrogen (secondary N) is 1. The van der Waals surface area contributed by atoms with Crippen molar-refractivity contribution in [2.75, 3.05) is 5.32 Å². The zero-order valence-electron chi connectivity index (χ0n) is 11.1. The maximum absolute atomic E-state index is 11.2. The maximum Gasteiger partial charge on any atom is 0.314 e. The van der Waals surface area contributed by atoms with Crippen molar-refractivity contribution < 1.29 is 9.90 Å². The van der Waals surface area contributed by atoms with Crippen LogP contribution in [0.3, 0.4) is 0 Å². The van der Waals surface area contributed by atoms with Crippen molar-refractivity contribution in [3.8, 4) is 0 Å². The van der Waals surface area contributed by atoms with Crippen molar-refractivity contribution in [3.05, 3.63) is 29.8 Å². The van der Waals surface area contributed by atoms with E-state index in [2.05, 4.69) is 19.2 Å². The Hall–Kier alpha value is -1.51. The average Bonchev–Trinajstić information content (AvgIpc) is 3.18. The topological polar surface area (TPSA) is 49.3 Å². The molecule has 1 aromatic carbocycles. The molecule has 2 N–H and O–H groups in total. The van der Waals surface area contributed by atoms with Gasteiger partial charge in [-0.1, -0.05) is 26.0 Å². The van der Waals surface area contributed by atoms with Gasteiger partial charge in [0.05, 0.1) is 5.41 Å². The predicted molar refractivity (Wildman–Crippen MR) is 73.0 cm³/mol. The molecule has 0 unspecified atom stereocenters. The number of hydrogen-bond donors (Lipinski definition) is 2. The zero-order valence-corrected chi connectivity index (χ0v) is 11.1. The molecule has 1 fully saturated rings. The summed E-state index contributed by atoms with van der Waals surface area (Å²) in [5.41, 5.74) is 1.42. The Morgan fingerprint density at radius 2 is 1.83 bits per heavy atom. The molecule has 3 heteroatoms. The Morgan fingerprint density at radius 1 is 1.28 bits per heavy atom. The largest absolute Gasteiger partial charge is 0.481 e. The van der Waals surface area contributed by atoms with E-state index in [-0.39, 0.29) is 0 Å². The van der Waals surface area contributed by atoms with Crippen LogP contribution in [-0.4, -0.2) is 17.1 Å². The van der Waals surface area contributed by atoms with Crippen LogP contribution in [-0.2, 0) is 10.2 Å². The molecule has 0 radical (unpaired) electrons. The molecule has 1 aliphatic rings. The summed E-state index contributed by atoms with van der Waals surface area (Å²) in [5.74, 6) is -0.691. The lowest BCUT2D eigenvalue weighted by molar-refractivity contribution is -0.140. The molecule has 3 nitrogen and oxygen atoms in total. The molecule has 0 aliphatic heterocycles. The van der Waals surface area contributed by atoms with Crippen molar-refractivity contribution in [2.45, 2.75) is 51.0 Å². The summed E-state index contributed by atoms with van der Waals surface area (Å²) >= 11 is 0. The van der Waals surface area contributed by atoms with Gasteiger partial charge < -0.3 is 10.4 Å². The zero-order chi connectivity index (χ0) is 13.2. The van der Waals surface area contributed by atoms with Crippen LogP contribution in [0.4, 0.5) is 5.69 Å². The monoisotopic (exact) mass is 247 g/mol. The Bertz CT molecular complexity index is 417. The van der Waals surface area contributed by atoms with Crippen LogP contribution in [0.15, 0.2) is 24.3 Å². The quantitative estimate of drug-likeness (QED) is 0.810. The number of carbonyl (C=O) groups is 1. The molecule has 0 spiro atoms. The number of aliphatic carboxylic acids is 1. The lowest BCUT2D eigenvalue weighted by Gasteiger charge is -2.17. The van der Waals surface area contributed by atoms with Crippen LogP contribution < -0.4 is 5.32 Å². The van der Waals surface area contributed by atoms with E-state index in [0.717, 1.165) is 36.9 Å². The van der Waals surface area contributed by atoms with Gasteiger partial charge in [-0.25, -0.2) is 0 Å². The summed E-state index contributed by atoms with van der Waals surface area (Å²) in [6.45, 7) is 4.33. The Morgan fingerprint density at radius 3 is 2.22 bits per heavy atom. The van der Waals surface area contributed by atoms with Crippen LogP contribution in [0.1, 0.15) is 45.1 Å². The van der Waals surface area contributed by atoms with Crippen LogP contribution in [0.25, 0.3) is 0 Å². The molecule has 2 rings (SSSR count). The van der Waals surface area contributed by atoms with E-state index in [0.29, 0.717) is 6.04 Å². The minimum absolute atomic E-state index is 0.491. The van der Waals surface area contributed by atoms with Gasteiger partial charge in [-0.3, -0.25) is 4.79 Å². The fourth-order valence-electron chi connectivity index (χ4n) is 2.37. The van der Waals surface area contributed by atoms with E-state index < -0.39 is 11.4 Å². The molecular formula is C15H21NO2. The summed E-state index contributed by atoms with van der Waals surface area (Å²) < 4.78 is 0. The van der Waals surface area contributed by atoms with Gasteiger partial charge in [0.15, 0.2) is 0 Å². The maximum atomic E-state index is 11.2. The number of carboxylic acids is 1. The van der Waals surface area contributed by atoms with E-state index in [9.17, 15) is 9.90 Å². The summed E-state index contributed by atoms with van der Waals surface area (Å²) in [5, 5.41) is 12.7. The second-order valence-electron chi connectivity index (χ2n) is 5.12. The molecule has 0 amide bonds. The van der Waals surface area contributed by atoms with E-state index in [1.54, 1.807) is 0 Å². The molecule has 1 aromatic rings. The third-order valence-electron chi connectivity index (χ3n) is 3.95. The van der Waals surface area contributed by atoms with Crippen molar-refractivity contribution >= 4 is 11.7 Å². The van der Waals surface area contributed by atoms with Crippen LogP contribution in [0, 0.1) is 0 Å². The van der Waals surface area contributed by atoms with Crippen LogP contribution in [0.5, 0.6) is 0 Å². The lowest BCUT2D eigenvalue weighted by atomic mass is 9.96. The van der Waals surface area contributed by atoms with Gasteiger partial charge in [0, 0.05) is 11.7 Å². The van der Waals surface area contributed by atoms with E-state index in [4.69, 9.17) is 0 Å². The van der Waals surface area contributed by atoms with E-state index >= 15 is 0 Å². The summed E-state index contributed by atoms with van der Waals surface area (Å²) in [7, 11) is 0. The molecule has 1 saturated carbocycles. The smallest absolute Gasteiger partial charge is 0.314 e. The van der Waals surface area contributed by atoms with E-state index in [1.165, 1.54) is 0 Å². The van der Waals surface area contributed by atoms with Gasteiger partial charge in [-0.05, 0) is 43.4 Å². The van der Waals surface area contributed by atoms with Crippen LogP contribution >= 0.6 is 0 Å². The van der Waals surface area contributed by atoms with Crippen molar-refractivity contribution in [1.82, 2.24) is 0 Å². The Labute approximate surface area is 108 Å². The third-order valence-corrected chi connectivity index (χ3v) is 3.95. The van der Waals surface area contributed by atoms with Gasteiger partial charge >= 0.3 is 5.97 Å². The number of rotatable bonds is 6. The van der Waals surface area contributed by atoms with Gasteiger partial charge in [-0.2, -0.15) is 0 Å². The summed E-state index contributed by atoms with van der Waals surface area (Å²) in [6, 6.07) is 8.38. The first-order valence-electron chi connectivity index (χ1n) is 6.73. The van der Waals surface area contributed by atoms with E-state index in [1.807, 2.05) is 24.3 Å². The fraction of sp³-hybridized carbons (Fsp3) is 0.533. The number of benzene rings is 1. The van der Waals surface area contributed by atoms with Gasteiger partial charge in [0.25, 0.3) is 0 Å². The molecule has 0 saturated heterocycles. The van der Waals surface area contributed by atoms with Crippen molar-refractivity contribution in [3.63, 3.8) is 0 Å². The highest BCUT2D eigenvalue weighted by molar-refractivity contribution is 5.85. The Kier molecular flexibility index (Phi) is 3.60. The SMILES string of the molecule is CCC(CC)Nc1ccc(C2(C(=O)O)CC2)cc1. The van der Waals surface area contributed by atoms with Gasteiger partial charge in [-0.15, -0.1) is 0 Å². The average molecular weight is 247 g/mol. The minimum atomic E-state index is -0.691. The highest BCUT2D eigenvalue weighted by Gasteiger charge is 2.51. The third kappa shape index (κ3) is 2.35. The molecule has 98 valence electrons. The van der Waals surface area contributed by atoms with Gasteiger partial charge in [0.2, 0.25) is 0 Å². The van der Waals surface area contributed by atoms with Crippen LogP contribution in [0.2, 0.25) is 0 Å². The molecular weight excluding hydrogens is 226 g/mol. The number of anilines is 1. The molecule has 1 aliphatic carbocycles. The molecule has 0 heterocycles. The number of hydrogen-bond acceptors (Lipinski definition) is 2. The molecule has 0 aromatic heterocycles. The van der Waals surface area contributed by atoms with Crippen molar-refractivity contribution in [1.29, 1.82) is 0 Å². The lowest BCUT2D eigenvalue weighted by Crippen LogP contribution is -2.20. The van der Waals surface area contributed by atoms with Gasteiger partial charge in [0.1, 0.15) is 0 Å². The molecule has 0 bridgehead atoms. The van der Waals surface area contributed by atoms with Crippen molar-refractivity contribution in [2.24, 2.45) is 0 Å². The minimum Gasteiger partial charge on any atom is -0.481 e. The normalized spacial score (nSPS) is 16.6. The highest BCUT2D eigenvalue weighted by atomic mass is 16.4. The second-order valence-corrected chi connectivity index (χ2v) is 5.12. The first kappa shape index (κ1) is 12.9. The second kappa shape index (κ2) is 5.01.